The van der Waals surface area contributed by atoms with Crippen molar-refractivity contribution in [2.75, 3.05) is 13.2 Å². The second-order valence-corrected chi connectivity index (χ2v) is 9.20. The van der Waals surface area contributed by atoms with Crippen molar-refractivity contribution in [1.29, 1.82) is 0 Å². The number of esters is 1. The topological polar surface area (TPSA) is 99.9 Å². The van der Waals surface area contributed by atoms with Gasteiger partial charge in [-0.2, -0.15) is 0 Å². The molecule has 0 radical (unpaired) electrons. The Morgan fingerprint density at radius 3 is 2.68 bits per heavy atom. The second kappa shape index (κ2) is 9.44. The summed E-state index contributed by atoms with van der Waals surface area (Å²) >= 11 is 3.56. The summed E-state index contributed by atoms with van der Waals surface area (Å²) in [7, 11) is 0. The predicted molar refractivity (Wildman–Crippen MR) is 125 cm³/mol. The number of halogens is 2. The Morgan fingerprint density at radius 2 is 2.06 bits per heavy atom. The van der Waals surface area contributed by atoms with Gasteiger partial charge in [0.15, 0.2) is 17.1 Å². The van der Waals surface area contributed by atoms with Gasteiger partial charge in [-0.05, 0) is 60.0 Å². The van der Waals surface area contributed by atoms with E-state index >= 15 is 0 Å². The summed E-state index contributed by atoms with van der Waals surface area (Å²) in [5.74, 6) is -2.63. The number of nitrogens with zero attached hydrogens (tertiary/aromatic N) is 2. The highest BCUT2D eigenvalue weighted by atomic mass is 79.9. The molecule has 1 N–H and O–H groups in total. The SMILES string of the molecule is CCOC(=O)c1c(O)c2ncc(Cc3ccc(F)cc3)c(Br)c2n(C[C@@H]2COC(C)(C)O2)c1=O. The molecule has 4 rings (SSSR count). The quantitative estimate of drug-likeness (QED) is 0.478. The lowest BCUT2D eigenvalue weighted by molar-refractivity contribution is -0.139. The second-order valence-electron chi connectivity index (χ2n) is 8.41. The number of carbonyl (C=O) groups excluding carboxylic acids is 1. The normalized spacial score (nSPS) is 17.3. The molecule has 1 saturated heterocycles. The maximum atomic E-state index is 13.4. The standard InChI is InChI=1S/C24H24BrFN2O6/c1-4-32-23(31)17-21(29)19-20(28(22(17)30)11-16-12-33-24(2,3)34-16)18(25)14(10-27-19)9-13-5-7-15(26)8-6-13/h5-8,10,16,29H,4,9,11-12H2,1-3H3/t16-/m1/s1. The molecule has 180 valence electrons. The molecule has 0 unspecified atom stereocenters. The summed E-state index contributed by atoms with van der Waals surface area (Å²) in [4.78, 5) is 30.3. The number of hydrogen-bond donors (Lipinski definition) is 1. The summed E-state index contributed by atoms with van der Waals surface area (Å²) in [5, 5.41) is 10.8. The Kier molecular flexibility index (Phi) is 6.75. The van der Waals surface area contributed by atoms with Crippen molar-refractivity contribution < 1.29 is 28.5 Å². The Balaban J connectivity index is 1.88. The lowest BCUT2D eigenvalue weighted by Crippen LogP contribution is -2.33. The first kappa shape index (κ1) is 24.3. The monoisotopic (exact) mass is 534 g/mol. The molecule has 3 aromatic rings. The van der Waals surface area contributed by atoms with Crippen LogP contribution in [-0.2, 0) is 27.2 Å². The zero-order chi connectivity index (χ0) is 24.6. The van der Waals surface area contributed by atoms with Crippen LogP contribution in [0.3, 0.4) is 0 Å². The molecule has 8 nitrogen and oxygen atoms in total. The predicted octanol–water partition coefficient (Wildman–Crippen LogP) is 3.92. The third-order valence-electron chi connectivity index (χ3n) is 5.49. The van der Waals surface area contributed by atoms with E-state index in [2.05, 4.69) is 20.9 Å². The third kappa shape index (κ3) is 4.70. The van der Waals surface area contributed by atoms with Gasteiger partial charge in [0.1, 0.15) is 17.4 Å². The van der Waals surface area contributed by atoms with Crippen LogP contribution in [0.25, 0.3) is 11.0 Å². The molecule has 1 aromatic carbocycles. The number of carbonyl (C=O) groups is 1. The molecular formula is C24H24BrFN2O6. The van der Waals surface area contributed by atoms with Gasteiger partial charge in [-0.15, -0.1) is 0 Å². The number of hydrogen-bond acceptors (Lipinski definition) is 7. The molecule has 1 fully saturated rings. The van der Waals surface area contributed by atoms with Gasteiger partial charge in [0.25, 0.3) is 5.56 Å². The van der Waals surface area contributed by atoms with Crippen LogP contribution in [0, 0.1) is 5.82 Å². The Labute approximate surface area is 203 Å². The molecule has 0 aliphatic carbocycles. The largest absolute Gasteiger partial charge is 0.505 e. The highest BCUT2D eigenvalue weighted by Gasteiger charge is 2.34. The third-order valence-corrected chi connectivity index (χ3v) is 6.38. The maximum absolute atomic E-state index is 13.4. The number of aromatic hydroxyl groups is 1. The highest BCUT2D eigenvalue weighted by Crippen LogP contribution is 2.34. The molecule has 10 heteroatoms. The number of pyridine rings is 2. The van der Waals surface area contributed by atoms with Crippen molar-refractivity contribution in [2.45, 2.75) is 45.6 Å². The lowest BCUT2D eigenvalue weighted by atomic mass is 10.1. The van der Waals surface area contributed by atoms with Crippen molar-refractivity contribution in [3.8, 4) is 5.75 Å². The van der Waals surface area contributed by atoms with Crippen LogP contribution in [0.2, 0.25) is 0 Å². The van der Waals surface area contributed by atoms with E-state index in [1.54, 1.807) is 32.9 Å². The first-order valence-corrected chi connectivity index (χ1v) is 11.6. The van der Waals surface area contributed by atoms with Gasteiger partial charge in [-0.25, -0.2) is 9.18 Å². The van der Waals surface area contributed by atoms with E-state index in [0.717, 1.165) is 5.56 Å². The summed E-state index contributed by atoms with van der Waals surface area (Å²) in [6.07, 6.45) is 1.47. The number of rotatable bonds is 6. The Hall–Kier alpha value is -2.82. The Bertz CT molecular complexity index is 1310. The average molecular weight is 535 g/mol. The first-order valence-electron chi connectivity index (χ1n) is 10.8. The lowest BCUT2D eigenvalue weighted by Gasteiger charge is -2.20. The fraction of sp³-hybridized carbons (Fsp3) is 0.375. The molecule has 0 bridgehead atoms. The smallest absolute Gasteiger partial charge is 0.347 e. The zero-order valence-electron chi connectivity index (χ0n) is 18.9. The van der Waals surface area contributed by atoms with Crippen LogP contribution in [0.4, 0.5) is 4.39 Å². The van der Waals surface area contributed by atoms with Crippen LogP contribution in [-0.4, -0.2) is 45.7 Å². The molecule has 2 aromatic heterocycles. The van der Waals surface area contributed by atoms with Gasteiger partial charge < -0.3 is 23.9 Å². The summed E-state index contributed by atoms with van der Waals surface area (Å²) in [5.41, 5.74) is 0.702. The molecular weight excluding hydrogens is 511 g/mol. The van der Waals surface area contributed by atoms with E-state index in [1.807, 2.05) is 0 Å². The molecule has 3 heterocycles. The van der Waals surface area contributed by atoms with Crippen LogP contribution in [0.5, 0.6) is 5.75 Å². The fourth-order valence-electron chi connectivity index (χ4n) is 3.96. The summed E-state index contributed by atoms with van der Waals surface area (Å²) in [6.45, 7) is 5.50. The summed E-state index contributed by atoms with van der Waals surface area (Å²) < 4.78 is 31.7. The number of aromatic nitrogens is 2. The van der Waals surface area contributed by atoms with Crippen molar-refractivity contribution in [1.82, 2.24) is 9.55 Å². The average Bonchev–Trinajstić information content (AvgIpc) is 3.13. The molecule has 0 saturated carbocycles. The van der Waals surface area contributed by atoms with E-state index in [0.29, 0.717) is 22.0 Å². The van der Waals surface area contributed by atoms with Gasteiger partial charge in [-0.3, -0.25) is 9.78 Å². The molecule has 1 aliphatic heterocycles. The molecule has 0 amide bonds. The zero-order valence-corrected chi connectivity index (χ0v) is 20.5. The first-order chi connectivity index (χ1) is 16.1. The number of benzene rings is 1. The number of ether oxygens (including phenoxy) is 3. The van der Waals surface area contributed by atoms with Crippen molar-refractivity contribution in [3.63, 3.8) is 0 Å². The van der Waals surface area contributed by atoms with E-state index in [9.17, 15) is 19.1 Å². The van der Waals surface area contributed by atoms with E-state index in [1.165, 1.54) is 22.9 Å². The Morgan fingerprint density at radius 1 is 1.35 bits per heavy atom. The maximum Gasteiger partial charge on any atom is 0.347 e. The van der Waals surface area contributed by atoms with Crippen LogP contribution in [0.1, 0.15) is 42.3 Å². The van der Waals surface area contributed by atoms with E-state index < -0.39 is 34.7 Å². The van der Waals surface area contributed by atoms with Crippen molar-refractivity contribution in [3.05, 3.63) is 67.8 Å². The van der Waals surface area contributed by atoms with Crippen LogP contribution < -0.4 is 5.56 Å². The van der Waals surface area contributed by atoms with Gasteiger partial charge in [0.05, 0.1) is 25.3 Å². The summed E-state index contributed by atoms with van der Waals surface area (Å²) in [6, 6.07) is 6.05. The minimum Gasteiger partial charge on any atom is -0.505 e. The van der Waals surface area contributed by atoms with Crippen LogP contribution >= 0.6 is 15.9 Å². The van der Waals surface area contributed by atoms with Gasteiger partial charge >= 0.3 is 5.97 Å². The van der Waals surface area contributed by atoms with E-state index in [4.69, 9.17) is 14.2 Å². The van der Waals surface area contributed by atoms with Crippen molar-refractivity contribution >= 4 is 32.9 Å². The highest BCUT2D eigenvalue weighted by molar-refractivity contribution is 9.10. The molecule has 1 aliphatic rings. The van der Waals surface area contributed by atoms with Gasteiger partial charge in [0, 0.05) is 17.1 Å². The van der Waals surface area contributed by atoms with Crippen LogP contribution in [0.15, 0.2) is 39.7 Å². The van der Waals surface area contributed by atoms with Gasteiger partial charge in [0.2, 0.25) is 0 Å². The molecule has 0 spiro atoms. The van der Waals surface area contributed by atoms with Gasteiger partial charge in [-0.1, -0.05) is 12.1 Å². The minimum absolute atomic E-state index is 0.0389. The molecule has 34 heavy (non-hydrogen) atoms. The fourth-order valence-corrected chi connectivity index (χ4v) is 4.60. The van der Waals surface area contributed by atoms with Crippen molar-refractivity contribution in [2.24, 2.45) is 0 Å². The van der Waals surface area contributed by atoms with E-state index in [-0.39, 0.29) is 31.1 Å². The molecule has 1 atom stereocenters. The minimum atomic E-state index is -0.933. The number of fused-ring (bicyclic) bond motifs is 1.